The third-order valence-corrected chi connectivity index (χ3v) is 4.09. The second-order valence-electron chi connectivity index (χ2n) is 3.80. The Morgan fingerprint density at radius 1 is 1.28 bits per heavy atom. The van der Waals surface area contributed by atoms with Crippen LogP contribution in [0.15, 0.2) is 24.3 Å². The van der Waals surface area contributed by atoms with E-state index in [0.29, 0.717) is 11.1 Å². The number of carbonyl (C=O) groups is 1. The first-order valence-electron chi connectivity index (χ1n) is 5.11. The molecule has 0 atom stereocenters. The maximum Gasteiger partial charge on any atom is 0.304 e. The van der Waals surface area contributed by atoms with Crippen LogP contribution in [0.25, 0.3) is 0 Å². The average molecular weight is 287 g/mol. The van der Waals surface area contributed by atoms with Gasteiger partial charge in [-0.15, -0.1) is 0 Å². The number of benzene rings is 1. The first-order valence-corrected chi connectivity index (χ1v) is 7.34. The maximum atomic E-state index is 11.6. The van der Waals surface area contributed by atoms with Gasteiger partial charge in [-0.3, -0.25) is 4.79 Å². The minimum atomic E-state index is -3.41. The molecule has 0 amide bonds. The summed E-state index contributed by atoms with van der Waals surface area (Å²) in [6.07, 6.45) is -0.382. The molecule has 1 aromatic carbocycles. The summed E-state index contributed by atoms with van der Waals surface area (Å²) in [5.74, 6) is -1.67. The van der Waals surface area contributed by atoms with E-state index in [2.05, 4.69) is 0 Å². The van der Waals surface area contributed by atoms with E-state index in [1.807, 2.05) is 0 Å². The maximum absolute atomic E-state index is 11.6. The highest BCUT2D eigenvalue weighted by atomic mass is 32.2. The number of carboxylic acids is 1. The van der Waals surface area contributed by atoms with Crippen molar-refractivity contribution in [3.63, 3.8) is 0 Å². The summed E-state index contributed by atoms with van der Waals surface area (Å²) < 4.78 is 23.2. The van der Waals surface area contributed by atoms with Crippen LogP contribution in [0.5, 0.6) is 0 Å². The molecule has 18 heavy (non-hydrogen) atoms. The molecule has 0 spiro atoms. The predicted octanol–water partition coefficient (Wildman–Crippen LogP) is 0.710. The summed E-state index contributed by atoms with van der Waals surface area (Å²) in [7, 11) is -3.41. The number of sulfone groups is 1. The topological polar surface area (TPSA) is 97.5 Å². The molecule has 7 heteroatoms. The summed E-state index contributed by atoms with van der Waals surface area (Å²) in [6, 6.07) is 6.52. The first kappa shape index (κ1) is 14.6. The molecule has 0 radical (unpaired) electrons. The standard InChI is InChI=1S/C11H13NO4S2/c12-11(17)9-3-1-8(2-4-9)7-18(15,16)6-5-10(13)14/h1-4H,5-7H2,(H2,12,17)(H,13,14). The third kappa shape index (κ3) is 4.80. The lowest BCUT2D eigenvalue weighted by Gasteiger charge is -2.04. The smallest absolute Gasteiger partial charge is 0.304 e. The Morgan fingerprint density at radius 2 is 1.83 bits per heavy atom. The van der Waals surface area contributed by atoms with Crippen molar-refractivity contribution >= 4 is 33.0 Å². The van der Waals surface area contributed by atoms with Gasteiger partial charge in [-0.1, -0.05) is 36.5 Å². The van der Waals surface area contributed by atoms with Gasteiger partial charge in [0.25, 0.3) is 0 Å². The molecule has 0 aliphatic carbocycles. The zero-order chi connectivity index (χ0) is 13.8. The van der Waals surface area contributed by atoms with Gasteiger partial charge in [-0.05, 0) is 5.56 Å². The lowest BCUT2D eigenvalue weighted by atomic mass is 10.1. The van der Waals surface area contributed by atoms with E-state index in [4.69, 9.17) is 23.1 Å². The molecule has 0 aromatic heterocycles. The minimum Gasteiger partial charge on any atom is -0.481 e. The fraction of sp³-hybridized carbons (Fsp3) is 0.273. The van der Waals surface area contributed by atoms with Crippen molar-refractivity contribution in [2.45, 2.75) is 12.2 Å². The van der Waals surface area contributed by atoms with E-state index in [-0.39, 0.29) is 22.9 Å². The zero-order valence-electron chi connectivity index (χ0n) is 9.50. The minimum absolute atomic E-state index is 0.183. The second kappa shape index (κ2) is 5.92. The van der Waals surface area contributed by atoms with Crippen molar-refractivity contribution in [3.8, 4) is 0 Å². The number of aliphatic carboxylic acids is 1. The molecular formula is C11H13NO4S2. The number of carboxylic acid groups (broad SMARTS) is 1. The Hall–Kier alpha value is -1.47. The Balaban J connectivity index is 2.72. The van der Waals surface area contributed by atoms with Gasteiger partial charge in [0.2, 0.25) is 0 Å². The third-order valence-electron chi connectivity index (χ3n) is 2.25. The summed E-state index contributed by atoms with van der Waals surface area (Å²) in [5, 5.41) is 8.45. The van der Waals surface area contributed by atoms with E-state index in [9.17, 15) is 13.2 Å². The molecule has 0 saturated carbocycles. The van der Waals surface area contributed by atoms with Crippen molar-refractivity contribution in [2.24, 2.45) is 5.73 Å². The first-order chi connectivity index (χ1) is 8.30. The van der Waals surface area contributed by atoms with Crippen LogP contribution < -0.4 is 5.73 Å². The van der Waals surface area contributed by atoms with Gasteiger partial charge < -0.3 is 10.8 Å². The number of rotatable bonds is 6. The van der Waals surface area contributed by atoms with E-state index in [0.717, 1.165) is 0 Å². The normalized spacial score (nSPS) is 11.1. The van der Waals surface area contributed by atoms with Crippen molar-refractivity contribution in [2.75, 3.05) is 5.75 Å². The van der Waals surface area contributed by atoms with Crippen LogP contribution in [0.3, 0.4) is 0 Å². The SMILES string of the molecule is NC(=S)c1ccc(CS(=O)(=O)CCC(=O)O)cc1. The highest BCUT2D eigenvalue weighted by Crippen LogP contribution is 2.10. The van der Waals surface area contributed by atoms with Crippen LogP contribution >= 0.6 is 12.2 Å². The Labute approximate surface area is 111 Å². The van der Waals surface area contributed by atoms with Crippen LogP contribution in [0.4, 0.5) is 0 Å². The molecule has 1 rings (SSSR count). The molecule has 0 bridgehead atoms. The summed E-state index contributed by atoms with van der Waals surface area (Å²) in [6.45, 7) is 0. The highest BCUT2D eigenvalue weighted by molar-refractivity contribution is 7.90. The van der Waals surface area contributed by atoms with Crippen LogP contribution in [-0.4, -0.2) is 30.2 Å². The monoisotopic (exact) mass is 287 g/mol. The van der Waals surface area contributed by atoms with Crippen LogP contribution in [0.2, 0.25) is 0 Å². The van der Waals surface area contributed by atoms with Gasteiger partial charge in [0, 0.05) is 5.56 Å². The van der Waals surface area contributed by atoms with Crippen LogP contribution in [0.1, 0.15) is 17.5 Å². The summed E-state index contributed by atoms with van der Waals surface area (Å²) in [4.78, 5) is 10.6. The molecule has 3 N–H and O–H groups in total. The van der Waals surface area contributed by atoms with Gasteiger partial charge >= 0.3 is 5.97 Å². The van der Waals surface area contributed by atoms with E-state index in [1.165, 1.54) is 0 Å². The molecule has 0 aliphatic rings. The lowest BCUT2D eigenvalue weighted by Crippen LogP contribution is -2.13. The van der Waals surface area contributed by atoms with Gasteiger partial charge in [-0.2, -0.15) is 0 Å². The lowest BCUT2D eigenvalue weighted by molar-refractivity contribution is -0.136. The number of hydrogen-bond acceptors (Lipinski definition) is 4. The summed E-state index contributed by atoms with van der Waals surface area (Å²) >= 11 is 4.78. The van der Waals surface area contributed by atoms with Crippen molar-refractivity contribution in [1.82, 2.24) is 0 Å². The molecule has 0 heterocycles. The highest BCUT2D eigenvalue weighted by Gasteiger charge is 2.14. The molecule has 0 fully saturated rings. The van der Waals surface area contributed by atoms with Crippen molar-refractivity contribution in [3.05, 3.63) is 35.4 Å². The molecule has 0 aliphatic heterocycles. The largest absolute Gasteiger partial charge is 0.481 e. The van der Waals surface area contributed by atoms with Gasteiger partial charge in [0.1, 0.15) is 4.99 Å². The fourth-order valence-electron chi connectivity index (χ4n) is 1.33. The van der Waals surface area contributed by atoms with Crippen LogP contribution in [0, 0.1) is 0 Å². The predicted molar refractivity (Wildman–Crippen MR) is 72.1 cm³/mol. The Bertz CT molecular complexity index is 549. The van der Waals surface area contributed by atoms with E-state index >= 15 is 0 Å². The average Bonchev–Trinajstić information content (AvgIpc) is 2.27. The van der Waals surface area contributed by atoms with Gasteiger partial charge in [0.05, 0.1) is 17.9 Å². The Morgan fingerprint density at radius 3 is 2.28 bits per heavy atom. The number of thiocarbonyl (C=S) groups is 1. The van der Waals surface area contributed by atoms with E-state index < -0.39 is 15.8 Å². The molecule has 0 saturated heterocycles. The van der Waals surface area contributed by atoms with Gasteiger partial charge in [-0.25, -0.2) is 8.42 Å². The molecule has 1 aromatic rings. The Kier molecular flexibility index (Phi) is 4.80. The second-order valence-corrected chi connectivity index (χ2v) is 6.42. The molecular weight excluding hydrogens is 274 g/mol. The fourth-order valence-corrected chi connectivity index (χ4v) is 2.80. The summed E-state index contributed by atoms with van der Waals surface area (Å²) in [5.41, 5.74) is 6.67. The number of nitrogens with two attached hydrogens (primary N) is 1. The van der Waals surface area contributed by atoms with Crippen molar-refractivity contribution < 1.29 is 18.3 Å². The van der Waals surface area contributed by atoms with Crippen LogP contribution in [-0.2, 0) is 20.4 Å². The number of hydrogen-bond donors (Lipinski definition) is 2. The molecule has 0 unspecified atom stereocenters. The quantitative estimate of drug-likeness (QED) is 0.748. The zero-order valence-corrected chi connectivity index (χ0v) is 11.1. The van der Waals surface area contributed by atoms with Crippen molar-refractivity contribution in [1.29, 1.82) is 0 Å². The molecule has 5 nitrogen and oxygen atoms in total. The van der Waals surface area contributed by atoms with E-state index in [1.54, 1.807) is 24.3 Å². The van der Waals surface area contributed by atoms with Gasteiger partial charge in [0.15, 0.2) is 9.84 Å². The molecule has 98 valence electrons.